The fraction of sp³-hybridized carbons (Fsp3) is 0.481. The molecule has 0 radical (unpaired) electrons. The van der Waals surface area contributed by atoms with Gasteiger partial charge >= 0.3 is 0 Å². The van der Waals surface area contributed by atoms with Crippen LogP contribution in [0.3, 0.4) is 0 Å². The number of aryl methyl sites for hydroxylation is 2. The molecule has 0 fully saturated rings. The molecule has 0 aliphatic rings. The number of sulfonamides is 1. The van der Waals surface area contributed by atoms with Gasteiger partial charge in [-0.05, 0) is 48.4 Å². The van der Waals surface area contributed by atoms with E-state index in [2.05, 4.69) is 5.32 Å². The van der Waals surface area contributed by atoms with E-state index in [1.165, 1.54) is 4.90 Å². The molecule has 0 aliphatic carbocycles. The monoisotopic (exact) mass is 501 g/mol. The van der Waals surface area contributed by atoms with Crippen molar-refractivity contribution in [1.82, 2.24) is 10.2 Å². The zero-order valence-corrected chi connectivity index (χ0v) is 22.6. The third-order valence-corrected chi connectivity index (χ3v) is 7.12. The molecule has 2 aromatic carbocycles. The molecule has 0 unspecified atom stereocenters. The molecule has 0 heterocycles. The van der Waals surface area contributed by atoms with Gasteiger partial charge in [0.15, 0.2) is 0 Å². The number of para-hydroxylation sites is 1. The molecule has 0 aromatic heterocycles. The van der Waals surface area contributed by atoms with Gasteiger partial charge in [-0.25, -0.2) is 8.42 Å². The molecule has 2 aromatic rings. The van der Waals surface area contributed by atoms with Gasteiger partial charge in [-0.15, -0.1) is 0 Å². The van der Waals surface area contributed by atoms with E-state index >= 15 is 0 Å². The number of nitrogens with zero attached hydrogens (tertiary/aromatic N) is 2. The van der Waals surface area contributed by atoms with Gasteiger partial charge in [0.05, 0.1) is 11.9 Å². The first kappa shape index (κ1) is 28.4. The van der Waals surface area contributed by atoms with Gasteiger partial charge in [-0.3, -0.25) is 13.9 Å². The van der Waals surface area contributed by atoms with Gasteiger partial charge in [0.25, 0.3) is 0 Å². The molecule has 192 valence electrons. The predicted molar refractivity (Wildman–Crippen MR) is 142 cm³/mol. The van der Waals surface area contributed by atoms with Crippen LogP contribution in [0.15, 0.2) is 48.5 Å². The van der Waals surface area contributed by atoms with Gasteiger partial charge in [-0.2, -0.15) is 0 Å². The third-order valence-electron chi connectivity index (χ3n) is 5.99. The SMILES string of the molecule is CCc1ccccc1N(CC(=O)N(Cc1ccccc1C)[C@@H](CC)C(=O)NCC(C)C)S(C)(=O)=O. The first-order valence-corrected chi connectivity index (χ1v) is 14.0. The van der Waals surface area contributed by atoms with Crippen molar-refractivity contribution in [2.45, 2.75) is 60.0 Å². The lowest BCUT2D eigenvalue weighted by molar-refractivity contribution is -0.140. The summed E-state index contributed by atoms with van der Waals surface area (Å²) in [4.78, 5) is 28.4. The Morgan fingerprint density at radius 1 is 0.971 bits per heavy atom. The fourth-order valence-corrected chi connectivity index (χ4v) is 4.84. The Kier molecular flexibility index (Phi) is 10.3. The molecule has 0 bridgehead atoms. The van der Waals surface area contributed by atoms with Crippen LogP contribution in [0.2, 0.25) is 0 Å². The first-order chi connectivity index (χ1) is 16.5. The van der Waals surface area contributed by atoms with Crippen LogP contribution in [-0.2, 0) is 32.6 Å². The second-order valence-corrected chi connectivity index (χ2v) is 11.2. The van der Waals surface area contributed by atoms with Crippen molar-refractivity contribution < 1.29 is 18.0 Å². The summed E-state index contributed by atoms with van der Waals surface area (Å²) in [6, 6.07) is 14.2. The van der Waals surface area contributed by atoms with E-state index in [-0.39, 0.29) is 24.9 Å². The van der Waals surface area contributed by atoms with Crippen LogP contribution in [0.5, 0.6) is 0 Å². The minimum atomic E-state index is -3.75. The predicted octanol–water partition coefficient (Wildman–Crippen LogP) is 3.90. The van der Waals surface area contributed by atoms with E-state index < -0.39 is 22.0 Å². The summed E-state index contributed by atoms with van der Waals surface area (Å²) in [6.45, 7) is 10.1. The van der Waals surface area contributed by atoms with Crippen molar-refractivity contribution in [2.24, 2.45) is 5.92 Å². The van der Waals surface area contributed by atoms with Crippen LogP contribution in [0.4, 0.5) is 5.69 Å². The molecule has 0 spiro atoms. The van der Waals surface area contributed by atoms with Crippen LogP contribution in [0, 0.1) is 12.8 Å². The fourth-order valence-electron chi connectivity index (χ4n) is 3.96. The normalized spacial score (nSPS) is 12.3. The Bertz CT molecular complexity index is 1110. The molecular weight excluding hydrogens is 462 g/mol. The van der Waals surface area contributed by atoms with Gasteiger partial charge in [-0.1, -0.05) is 70.2 Å². The lowest BCUT2D eigenvalue weighted by Crippen LogP contribution is -2.52. The van der Waals surface area contributed by atoms with Crippen molar-refractivity contribution in [1.29, 1.82) is 0 Å². The molecule has 0 saturated carbocycles. The lowest BCUT2D eigenvalue weighted by atomic mass is 10.1. The van der Waals surface area contributed by atoms with E-state index in [0.29, 0.717) is 25.1 Å². The van der Waals surface area contributed by atoms with E-state index in [9.17, 15) is 18.0 Å². The summed E-state index contributed by atoms with van der Waals surface area (Å²) in [5, 5.41) is 2.94. The van der Waals surface area contributed by atoms with E-state index in [1.54, 1.807) is 12.1 Å². The van der Waals surface area contributed by atoms with Crippen LogP contribution in [0.1, 0.15) is 50.8 Å². The summed E-state index contributed by atoms with van der Waals surface area (Å²) < 4.78 is 26.7. The van der Waals surface area contributed by atoms with Gasteiger partial charge in [0.1, 0.15) is 12.6 Å². The van der Waals surface area contributed by atoms with Crippen molar-refractivity contribution >= 4 is 27.5 Å². The molecule has 0 saturated heterocycles. The maximum Gasteiger partial charge on any atom is 0.244 e. The quantitative estimate of drug-likeness (QED) is 0.478. The van der Waals surface area contributed by atoms with Gasteiger partial charge < -0.3 is 10.2 Å². The highest BCUT2D eigenvalue weighted by Crippen LogP contribution is 2.24. The number of nitrogens with one attached hydrogen (secondary N) is 1. The Morgan fingerprint density at radius 3 is 2.11 bits per heavy atom. The van der Waals surface area contributed by atoms with Crippen molar-refractivity contribution in [3.63, 3.8) is 0 Å². The Balaban J connectivity index is 2.47. The molecule has 0 aliphatic heterocycles. The summed E-state index contributed by atoms with van der Waals surface area (Å²) in [5.74, 6) is -0.387. The number of rotatable bonds is 12. The highest BCUT2D eigenvalue weighted by Gasteiger charge is 2.32. The molecule has 1 N–H and O–H groups in total. The number of hydrogen-bond acceptors (Lipinski definition) is 4. The lowest BCUT2D eigenvalue weighted by Gasteiger charge is -2.33. The molecule has 2 rings (SSSR count). The number of hydrogen-bond donors (Lipinski definition) is 1. The van der Waals surface area contributed by atoms with Gasteiger partial charge in [0.2, 0.25) is 21.8 Å². The first-order valence-electron chi connectivity index (χ1n) is 12.2. The van der Waals surface area contributed by atoms with Crippen molar-refractivity contribution in [2.75, 3.05) is 23.7 Å². The molecule has 8 heteroatoms. The van der Waals surface area contributed by atoms with Crippen molar-refractivity contribution in [3.05, 3.63) is 65.2 Å². The van der Waals surface area contributed by atoms with Crippen LogP contribution in [-0.4, -0.2) is 50.5 Å². The van der Waals surface area contributed by atoms with Crippen molar-refractivity contribution in [3.8, 4) is 0 Å². The Morgan fingerprint density at radius 2 is 1.57 bits per heavy atom. The highest BCUT2D eigenvalue weighted by molar-refractivity contribution is 7.92. The average Bonchev–Trinajstić information content (AvgIpc) is 2.81. The summed E-state index contributed by atoms with van der Waals surface area (Å²) in [5.41, 5.74) is 3.23. The zero-order valence-electron chi connectivity index (χ0n) is 21.7. The maximum absolute atomic E-state index is 13.8. The van der Waals surface area contributed by atoms with E-state index in [0.717, 1.165) is 27.3 Å². The molecular formula is C27H39N3O4S. The molecule has 35 heavy (non-hydrogen) atoms. The van der Waals surface area contributed by atoms with Crippen LogP contribution in [0.25, 0.3) is 0 Å². The minimum Gasteiger partial charge on any atom is -0.354 e. The second kappa shape index (κ2) is 12.7. The maximum atomic E-state index is 13.8. The van der Waals surface area contributed by atoms with Crippen LogP contribution < -0.4 is 9.62 Å². The molecule has 2 amide bonds. The van der Waals surface area contributed by atoms with E-state index in [1.807, 2.05) is 71.0 Å². The van der Waals surface area contributed by atoms with E-state index in [4.69, 9.17) is 0 Å². The molecule has 1 atom stereocenters. The second-order valence-electron chi connectivity index (χ2n) is 9.26. The number of amides is 2. The Hall–Kier alpha value is -2.87. The topological polar surface area (TPSA) is 86.8 Å². The molecule has 7 nitrogen and oxygen atoms in total. The largest absolute Gasteiger partial charge is 0.354 e. The zero-order chi connectivity index (χ0) is 26.2. The summed E-state index contributed by atoms with van der Waals surface area (Å²) >= 11 is 0. The summed E-state index contributed by atoms with van der Waals surface area (Å²) in [6.07, 6.45) is 2.13. The van der Waals surface area contributed by atoms with Gasteiger partial charge in [0, 0.05) is 13.1 Å². The average molecular weight is 502 g/mol. The summed E-state index contributed by atoms with van der Waals surface area (Å²) in [7, 11) is -3.75. The minimum absolute atomic E-state index is 0.214. The number of benzene rings is 2. The smallest absolute Gasteiger partial charge is 0.244 e. The standard InChI is InChI=1S/C27H39N3O4S/c1-7-22-14-11-12-16-25(22)30(35(6,33)34)19-26(31)29(18-23-15-10-9-13-21(23)5)24(8-2)27(32)28-17-20(3)4/h9-16,20,24H,7-8,17-19H2,1-6H3,(H,28,32)/t24-/m0/s1. The Labute approximate surface area is 210 Å². The third kappa shape index (κ3) is 7.82. The number of anilines is 1. The number of carbonyl (C=O) groups excluding carboxylic acids is 2. The number of carbonyl (C=O) groups is 2. The highest BCUT2D eigenvalue weighted by atomic mass is 32.2. The van der Waals surface area contributed by atoms with Crippen LogP contribution >= 0.6 is 0 Å².